The largest absolute Gasteiger partial charge is 0.366 e. The van der Waals surface area contributed by atoms with E-state index in [1.807, 2.05) is 0 Å². The van der Waals surface area contributed by atoms with Crippen LogP contribution in [-0.2, 0) is 0 Å². The maximum Gasteiger partial charge on any atom is 0.250 e. The predicted molar refractivity (Wildman–Crippen MR) is 78.7 cm³/mol. The second-order valence-corrected chi connectivity index (χ2v) is 4.65. The molecular weight excluding hydrogens is 283 g/mol. The van der Waals surface area contributed by atoms with Gasteiger partial charge in [0.1, 0.15) is 0 Å². The van der Waals surface area contributed by atoms with Gasteiger partial charge in [0.25, 0.3) is 5.91 Å². The van der Waals surface area contributed by atoms with Gasteiger partial charge in [0.15, 0.2) is 0 Å². The van der Waals surface area contributed by atoms with E-state index in [0.29, 0.717) is 26.9 Å². The van der Waals surface area contributed by atoms with Crippen molar-refractivity contribution < 1.29 is 4.79 Å². The van der Waals surface area contributed by atoms with Gasteiger partial charge < -0.3 is 5.73 Å². The average molecular weight is 293 g/mol. The maximum absolute atomic E-state index is 11.2. The first-order valence-electron chi connectivity index (χ1n) is 5.46. The molecule has 2 N–H and O–H groups in total. The van der Waals surface area contributed by atoms with Crippen LogP contribution in [0.15, 0.2) is 47.5 Å². The van der Waals surface area contributed by atoms with Crippen molar-refractivity contribution in [2.45, 2.75) is 0 Å². The Morgan fingerprint density at radius 2 is 1.89 bits per heavy atom. The standard InChI is InChI=1S/C14H10Cl2N2O/c15-10-6-5-9(12(16)7-10)8-18-13-4-2-1-3-11(13)14(17)19/h1-8H,(H2,17,19). The molecule has 0 aliphatic heterocycles. The molecule has 96 valence electrons. The van der Waals surface area contributed by atoms with Gasteiger partial charge in [0.05, 0.1) is 16.3 Å². The highest BCUT2D eigenvalue weighted by Crippen LogP contribution is 2.22. The number of halogens is 2. The summed E-state index contributed by atoms with van der Waals surface area (Å²) in [5.41, 5.74) is 6.86. The van der Waals surface area contributed by atoms with Gasteiger partial charge in [-0.1, -0.05) is 41.4 Å². The number of benzene rings is 2. The van der Waals surface area contributed by atoms with E-state index in [2.05, 4.69) is 4.99 Å². The molecule has 0 unspecified atom stereocenters. The van der Waals surface area contributed by atoms with Crippen LogP contribution in [0.2, 0.25) is 10.0 Å². The number of para-hydroxylation sites is 1. The fourth-order valence-corrected chi connectivity index (χ4v) is 2.00. The van der Waals surface area contributed by atoms with Gasteiger partial charge in [-0.05, 0) is 24.3 Å². The van der Waals surface area contributed by atoms with Crippen molar-refractivity contribution in [2.75, 3.05) is 0 Å². The molecule has 2 aromatic carbocycles. The van der Waals surface area contributed by atoms with Gasteiger partial charge in [-0.3, -0.25) is 9.79 Å². The Labute approximate surface area is 120 Å². The summed E-state index contributed by atoms with van der Waals surface area (Å²) in [6, 6.07) is 11.9. The Balaban J connectivity index is 2.35. The molecule has 0 fully saturated rings. The van der Waals surface area contributed by atoms with Crippen molar-refractivity contribution in [2.24, 2.45) is 10.7 Å². The third-order valence-corrected chi connectivity index (χ3v) is 3.04. The minimum absolute atomic E-state index is 0.365. The van der Waals surface area contributed by atoms with Crippen LogP contribution in [0.3, 0.4) is 0 Å². The summed E-state index contributed by atoms with van der Waals surface area (Å²) in [6.45, 7) is 0. The Bertz CT molecular complexity index is 654. The minimum atomic E-state index is -0.519. The number of hydrogen-bond donors (Lipinski definition) is 1. The SMILES string of the molecule is NC(=O)c1ccccc1N=Cc1ccc(Cl)cc1Cl. The highest BCUT2D eigenvalue weighted by atomic mass is 35.5. The summed E-state index contributed by atoms with van der Waals surface area (Å²) in [5.74, 6) is -0.519. The second kappa shape index (κ2) is 5.87. The molecule has 0 spiro atoms. The molecule has 19 heavy (non-hydrogen) atoms. The zero-order valence-corrected chi connectivity index (χ0v) is 11.3. The van der Waals surface area contributed by atoms with E-state index in [-0.39, 0.29) is 0 Å². The van der Waals surface area contributed by atoms with Gasteiger partial charge in [-0.15, -0.1) is 0 Å². The van der Waals surface area contributed by atoms with Crippen LogP contribution in [-0.4, -0.2) is 12.1 Å². The normalized spacial score (nSPS) is 10.8. The van der Waals surface area contributed by atoms with Crippen LogP contribution in [0.4, 0.5) is 5.69 Å². The molecule has 1 amide bonds. The van der Waals surface area contributed by atoms with Crippen molar-refractivity contribution in [3.8, 4) is 0 Å². The average Bonchev–Trinajstić information content (AvgIpc) is 2.38. The fourth-order valence-electron chi connectivity index (χ4n) is 1.54. The second-order valence-electron chi connectivity index (χ2n) is 3.81. The molecule has 2 rings (SSSR count). The molecule has 0 aliphatic rings. The number of rotatable bonds is 3. The van der Waals surface area contributed by atoms with Crippen molar-refractivity contribution in [1.82, 2.24) is 0 Å². The van der Waals surface area contributed by atoms with Crippen LogP contribution < -0.4 is 5.73 Å². The molecule has 3 nitrogen and oxygen atoms in total. The fraction of sp³-hybridized carbons (Fsp3) is 0. The highest BCUT2D eigenvalue weighted by Gasteiger charge is 2.05. The molecule has 0 atom stereocenters. The molecule has 0 saturated heterocycles. The van der Waals surface area contributed by atoms with E-state index >= 15 is 0 Å². The zero-order valence-electron chi connectivity index (χ0n) is 9.81. The molecule has 2 aromatic rings. The van der Waals surface area contributed by atoms with E-state index in [1.165, 1.54) is 0 Å². The van der Waals surface area contributed by atoms with Gasteiger partial charge >= 0.3 is 0 Å². The topological polar surface area (TPSA) is 55.5 Å². The minimum Gasteiger partial charge on any atom is -0.366 e. The number of primary amides is 1. The summed E-state index contributed by atoms with van der Waals surface area (Å²) < 4.78 is 0. The van der Waals surface area contributed by atoms with Crippen LogP contribution in [0.1, 0.15) is 15.9 Å². The number of aliphatic imine (C=N–C) groups is 1. The predicted octanol–water partition coefficient (Wildman–Crippen LogP) is 3.84. The zero-order chi connectivity index (χ0) is 13.8. The summed E-state index contributed by atoms with van der Waals surface area (Å²) in [6.07, 6.45) is 1.57. The lowest BCUT2D eigenvalue weighted by atomic mass is 10.1. The number of carbonyl (C=O) groups is 1. The summed E-state index contributed by atoms with van der Waals surface area (Å²) in [5, 5.41) is 1.05. The van der Waals surface area contributed by atoms with Crippen molar-refractivity contribution >= 4 is 41.0 Å². The Kier molecular flexibility index (Phi) is 4.20. The lowest BCUT2D eigenvalue weighted by Crippen LogP contribution is -2.10. The molecule has 0 saturated carbocycles. The van der Waals surface area contributed by atoms with Crippen molar-refractivity contribution in [1.29, 1.82) is 0 Å². The summed E-state index contributed by atoms with van der Waals surface area (Å²) in [4.78, 5) is 15.5. The Morgan fingerprint density at radius 3 is 2.58 bits per heavy atom. The third-order valence-electron chi connectivity index (χ3n) is 2.47. The van der Waals surface area contributed by atoms with Crippen molar-refractivity contribution in [3.05, 3.63) is 63.6 Å². The molecule has 5 heteroatoms. The van der Waals surface area contributed by atoms with Crippen LogP contribution in [0.25, 0.3) is 0 Å². The van der Waals surface area contributed by atoms with Gasteiger partial charge in [-0.25, -0.2) is 0 Å². The third kappa shape index (κ3) is 3.34. The summed E-state index contributed by atoms with van der Waals surface area (Å²) >= 11 is 11.8. The molecule has 0 aliphatic carbocycles. The number of nitrogens with two attached hydrogens (primary N) is 1. The van der Waals surface area contributed by atoms with E-state index < -0.39 is 5.91 Å². The van der Waals surface area contributed by atoms with Crippen LogP contribution in [0, 0.1) is 0 Å². The van der Waals surface area contributed by atoms with E-state index in [4.69, 9.17) is 28.9 Å². The van der Waals surface area contributed by atoms with Crippen LogP contribution in [0.5, 0.6) is 0 Å². The lowest BCUT2D eigenvalue weighted by Gasteiger charge is -2.01. The molecule has 0 radical (unpaired) electrons. The molecular formula is C14H10Cl2N2O. The first-order chi connectivity index (χ1) is 9.08. The summed E-state index contributed by atoms with van der Waals surface area (Å²) in [7, 11) is 0. The number of nitrogens with zero attached hydrogens (tertiary/aromatic N) is 1. The Hall–Kier alpha value is -1.84. The van der Waals surface area contributed by atoms with E-state index in [9.17, 15) is 4.79 Å². The molecule has 0 bridgehead atoms. The Morgan fingerprint density at radius 1 is 1.16 bits per heavy atom. The van der Waals surface area contributed by atoms with Crippen LogP contribution >= 0.6 is 23.2 Å². The first-order valence-corrected chi connectivity index (χ1v) is 6.21. The molecule has 0 aromatic heterocycles. The van der Waals surface area contributed by atoms with E-state index in [0.717, 1.165) is 0 Å². The first kappa shape index (κ1) is 13.6. The quantitative estimate of drug-likeness (QED) is 0.859. The number of hydrogen-bond acceptors (Lipinski definition) is 2. The van der Waals surface area contributed by atoms with Gasteiger partial charge in [0, 0.05) is 16.8 Å². The van der Waals surface area contributed by atoms with Gasteiger partial charge in [0.2, 0.25) is 0 Å². The lowest BCUT2D eigenvalue weighted by molar-refractivity contribution is 0.100. The smallest absolute Gasteiger partial charge is 0.250 e. The maximum atomic E-state index is 11.2. The monoisotopic (exact) mass is 292 g/mol. The number of amides is 1. The molecule has 0 heterocycles. The van der Waals surface area contributed by atoms with E-state index in [1.54, 1.807) is 48.7 Å². The number of carbonyl (C=O) groups excluding carboxylic acids is 1. The highest BCUT2D eigenvalue weighted by molar-refractivity contribution is 6.36. The van der Waals surface area contributed by atoms with Crippen molar-refractivity contribution in [3.63, 3.8) is 0 Å². The van der Waals surface area contributed by atoms with Gasteiger partial charge in [-0.2, -0.15) is 0 Å².